The molecule has 2 fully saturated rings. The molecule has 0 amide bonds. The van der Waals surface area contributed by atoms with Crippen molar-refractivity contribution in [2.45, 2.75) is 94.9 Å². The minimum absolute atomic E-state index is 0.0304. The van der Waals surface area contributed by atoms with Gasteiger partial charge in [0.15, 0.2) is 0 Å². The Morgan fingerprint density at radius 2 is 1.88 bits per heavy atom. The van der Waals surface area contributed by atoms with Crippen LogP contribution in [0.5, 0.6) is 0 Å². The van der Waals surface area contributed by atoms with Crippen molar-refractivity contribution < 1.29 is 9.84 Å². The van der Waals surface area contributed by atoms with Crippen molar-refractivity contribution in [3.8, 4) is 0 Å². The SMILES string of the molecule is C[N-]C1C2C(CCC1(C)O)C(C)=CCC2C1(C)CCC(Cl)C(C)(C)O1. The summed E-state index contributed by atoms with van der Waals surface area (Å²) in [4.78, 5) is 0. The first kappa shape index (κ1) is 19.7. The lowest BCUT2D eigenvalue weighted by Gasteiger charge is -2.61. The quantitative estimate of drug-likeness (QED) is 0.547. The molecule has 4 heteroatoms. The molecule has 7 atom stereocenters. The monoisotopic (exact) mass is 368 g/mol. The molecule has 0 bridgehead atoms. The second kappa shape index (κ2) is 6.51. The summed E-state index contributed by atoms with van der Waals surface area (Å²) in [5.74, 6) is 1.21. The van der Waals surface area contributed by atoms with Crippen molar-refractivity contribution in [2.75, 3.05) is 7.05 Å². The molecule has 1 saturated carbocycles. The van der Waals surface area contributed by atoms with Crippen LogP contribution in [0, 0.1) is 17.8 Å². The fourth-order valence-corrected chi connectivity index (χ4v) is 6.07. The van der Waals surface area contributed by atoms with Crippen LogP contribution in [0.2, 0.25) is 0 Å². The topological polar surface area (TPSA) is 43.6 Å². The van der Waals surface area contributed by atoms with Crippen molar-refractivity contribution in [1.82, 2.24) is 0 Å². The van der Waals surface area contributed by atoms with Gasteiger partial charge in [-0.1, -0.05) is 11.6 Å². The second-order valence-electron chi connectivity index (χ2n) is 9.60. The number of hydrogen-bond acceptors (Lipinski definition) is 2. The lowest BCUT2D eigenvalue weighted by molar-refractivity contribution is -0.207. The van der Waals surface area contributed by atoms with E-state index >= 15 is 0 Å². The summed E-state index contributed by atoms with van der Waals surface area (Å²) in [6, 6.07) is -0.0304. The molecule has 0 aromatic heterocycles. The number of nitrogens with zero attached hydrogens (tertiary/aromatic N) is 1. The van der Waals surface area contributed by atoms with Gasteiger partial charge in [-0.2, -0.15) is 7.05 Å². The molecule has 1 aliphatic heterocycles. The normalized spacial score (nSPS) is 50.1. The van der Waals surface area contributed by atoms with Crippen LogP contribution in [0.15, 0.2) is 11.6 Å². The first-order chi connectivity index (χ1) is 11.5. The summed E-state index contributed by atoms with van der Waals surface area (Å²) in [5.41, 5.74) is 0.211. The summed E-state index contributed by atoms with van der Waals surface area (Å²) in [6.45, 7) is 10.7. The zero-order chi connectivity index (χ0) is 18.6. The summed E-state index contributed by atoms with van der Waals surface area (Å²) in [6.07, 6.45) is 7.23. The molecule has 1 heterocycles. The summed E-state index contributed by atoms with van der Waals surface area (Å²) in [5, 5.41) is 15.8. The Labute approximate surface area is 158 Å². The molecule has 0 aromatic carbocycles. The van der Waals surface area contributed by atoms with Crippen LogP contribution in [-0.2, 0) is 4.74 Å². The van der Waals surface area contributed by atoms with Crippen molar-refractivity contribution in [2.24, 2.45) is 17.8 Å². The minimum atomic E-state index is -0.721. The maximum absolute atomic E-state index is 11.0. The lowest BCUT2D eigenvalue weighted by atomic mass is 9.55. The predicted molar refractivity (Wildman–Crippen MR) is 104 cm³/mol. The van der Waals surface area contributed by atoms with Gasteiger partial charge in [-0.05, 0) is 84.5 Å². The van der Waals surface area contributed by atoms with Crippen molar-refractivity contribution >= 4 is 11.6 Å². The van der Waals surface area contributed by atoms with E-state index in [4.69, 9.17) is 16.3 Å². The Balaban J connectivity index is 1.97. The molecular formula is C21H35ClNO2-. The molecule has 3 aliphatic rings. The highest BCUT2D eigenvalue weighted by Crippen LogP contribution is 2.55. The third-order valence-corrected chi connectivity index (χ3v) is 8.12. The molecule has 25 heavy (non-hydrogen) atoms. The molecule has 0 radical (unpaired) electrons. The third kappa shape index (κ3) is 3.31. The summed E-state index contributed by atoms with van der Waals surface area (Å²) in [7, 11) is 1.87. The average molecular weight is 369 g/mol. The standard InChI is InChI=1S/C21H35ClNO2/c1-13-7-8-15(21(5)12-10-16(22)19(2,3)25-21)17-14(13)9-11-20(4,24)18(17)23-6/h7,14-18,24H,8-12H2,1-6H3/q-1. The highest BCUT2D eigenvalue weighted by atomic mass is 35.5. The molecule has 3 nitrogen and oxygen atoms in total. The van der Waals surface area contributed by atoms with E-state index in [0.29, 0.717) is 17.8 Å². The van der Waals surface area contributed by atoms with Gasteiger partial charge < -0.3 is 15.2 Å². The van der Waals surface area contributed by atoms with E-state index in [9.17, 15) is 5.11 Å². The average Bonchev–Trinajstić information content (AvgIpc) is 2.50. The van der Waals surface area contributed by atoms with Gasteiger partial charge in [0, 0.05) is 5.60 Å². The number of alkyl halides is 1. The number of fused-ring (bicyclic) bond motifs is 1. The summed E-state index contributed by atoms with van der Waals surface area (Å²) >= 11 is 6.54. The number of halogens is 1. The van der Waals surface area contributed by atoms with Crippen LogP contribution >= 0.6 is 11.6 Å². The van der Waals surface area contributed by atoms with Gasteiger partial charge in [-0.3, -0.25) is 0 Å². The fourth-order valence-electron chi connectivity index (χ4n) is 5.92. The van der Waals surface area contributed by atoms with Crippen LogP contribution < -0.4 is 0 Å². The van der Waals surface area contributed by atoms with Crippen molar-refractivity contribution in [1.29, 1.82) is 0 Å². The molecule has 144 valence electrons. The second-order valence-corrected chi connectivity index (χ2v) is 10.1. The first-order valence-electron chi connectivity index (χ1n) is 9.84. The number of likely N-dealkylation sites (N-methyl/N-ethyl adjacent to an activating group) is 1. The van der Waals surface area contributed by atoms with Gasteiger partial charge in [0.25, 0.3) is 0 Å². The van der Waals surface area contributed by atoms with Gasteiger partial charge in [0.05, 0.1) is 16.6 Å². The number of allylic oxidation sites excluding steroid dienone is 2. The van der Waals surface area contributed by atoms with E-state index in [-0.39, 0.29) is 22.6 Å². The minimum Gasteiger partial charge on any atom is -0.660 e. The predicted octanol–water partition coefficient (Wildman–Crippen LogP) is 5.06. The maximum atomic E-state index is 11.0. The Morgan fingerprint density at radius 1 is 1.20 bits per heavy atom. The molecule has 2 aliphatic carbocycles. The molecule has 0 aromatic rings. The van der Waals surface area contributed by atoms with Crippen molar-refractivity contribution in [3.05, 3.63) is 17.0 Å². The fraction of sp³-hybridized carbons (Fsp3) is 0.905. The largest absolute Gasteiger partial charge is 0.660 e. The van der Waals surface area contributed by atoms with Gasteiger partial charge >= 0.3 is 0 Å². The smallest absolute Gasteiger partial charge is 0.0796 e. The van der Waals surface area contributed by atoms with E-state index < -0.39 is 5.60 Å². The van der Waals surface area contributed by atoms with Crippen LogP contribution in [0.4, 0.5) is 0 Å². The number of hydrogen-bond donors (Lipinski definition) is 1. The van der Waals surface area contributed by atoms with Crippen LogP contribution in [-0.4, -0.2) is 40.4 Å². The Morgan fingerprint density at radius 3 is 2.48 bits per heavy atom. The number of aliphatic hydroxyl groups is 1. The van der Waals surface area contributed by atoms with E-state index in [0.717, 1.165) is 32.1 Å². The highest BCUT2D eigenvalue weighted by molar-refractivity contribution is 6.21. The van der Waals surface area contributed by atoms with E-state index in [2.05, 4.69) is 39.1 Å². The third-order valence-electron chi connectivity index (χ3n) is 7.38. The van der Waals surface area contributed by atoms with E-state index in [1.165, 1.54) is 5.57 Å². The molecular weight excluding hydrogens is 334 g/mol. The van der Waals surface area contributed by atoms with Crippen LogP contribution in [0.1, 0.15) is 66.7 Å². The van der Waals surface area contributed by atoms with Crippen molar-refractivity contribution in [3.63, 3.8) is 0 Å². The molecule has 7 unspecified atom stereocenters. The first-order valence-corrected chi connectivity index (χ1v) is 10.3. The number of rotatable bonds is 2. The molecule has 1 N–H and O–H groups in total. The van der Waals surface area contributed by atoms with Crippen LogP contribution in [0.3, 0.4) is 0 Å². The Hall–Kier alpha value is -0.0900. The lowest BCUT2D eigenvalue weighted by Crippen LogP contribution is -2.61. The highest BCUT2D eigenvalue weighted by Gasteiger charge is 2.54. The Bertz CT molecular complexity index is 544. The van der Waals surface area contributed by atoms with E-state index in [1.807, 2.05) is 14.0 Å². The maximum Gasteiger partial charge on any atom is 0.0796 e. The van der Waals surface area contributed by atoms with Gasteiger partial charge in [-0.15, -0.1) is 17.6 Å². The molecule has 0 spiro atoms. The molecule has 1 saturated heterocycles. The summed E-state index contributed by atoms with van der Waals surface area (Å²) < 4.78 is 6.67. The zero-order valence-electron chi connectivity index (χ0n) is 16.7. The molecule has 3 rings (SSSR count). The number of ether oxygens (including phenoxy) is 1. The van der Waals surface area contributed by atoms with Gasteiger partial charge in [0.1, 0.15) is 0 Å². The van der Waals surface area contributed by atoms with Gasteiger partial charge in [0.2, 0.25) is 0 Å². The van der Waals surface area contributed by atoms with E-state index in [1.54, 1.807) is 0 Å². The van der Waals surface area contributed by atoms with Crippen LogP contribution in [0.25, 0.3) is 5.32 Å². The van der Waals surface area contributed by atoms with Gasteiger partial charge in [-0.25, -0.2) is 0 Å². The Kier molecular flexibility index (Phi) is 5.12. The zero-order valence-corrected chi connectivity index (χ0v) is 17.4.